The quantitative estimate of drug-likeness (QED) is 0.659. The maximum atomic E-state index is 11.1. The molecule has 1 atom stereocenters. The van der Waals surface area contributed by atoms with Gasteiger partial charge in [-0.25, -0.2) is 4.79 Å². The van der Waals surface area contributed by atoms with Gasteiger partial charge >= 0.3 is 6.09 Å². The maximum absolute atomic E-state index is 11.1. The number of ether oxygens (including phenoxy) is 1. The number of methoxy groups -OCH3 is 1. The van der Waals surface area contributed by atoms with Crippen molar-refractivity contribution in [2.75, 3.05) is 20.2 Å². The summed E-state index contributed by atoms with van der Waals surface area (Å²) in [5.74, 6) is 0.381. The third-order valence-corrected chi connectivity index (χ3v) is 2.67. The molecule has 0 radical (unpaired) electrons. The van der Waals surface area contributed by atoms with E-state index in [0.29, 0.717) is 5.92 Å². The van der Waals surface area contributed by atoms with Crippen molar-refractivity contribution in [3.63, 3.8) is 0 Å². The fourth-order valence-electron chi connectivity index (χ4n) is 1.66. The molecule has 1 saturated heterocycles. The van der Waals surface area contributed by atoms with Crippen LogP contribution < -0.4 is 5.73 Å². The predicted molar refractivity (Wildman–Crippen MR) is 50.4 cm³/mol. The monoisotopic (exact) mass is 186 g/mol. The fraction of sp³-hybridized carbons (Fsp3) is 0.889. The molecular weight excluding hydrogens is 168 g/mol. The topological polar surface area (TPSA) is 55.6 Å². The van der Waals surface area contributed by atoms with Crippen molar-refractivity contribution < 1.29 is 9.53 Å². The van der Waals surface area contributed by atoms with Crippen LogP contribution in [-0.2, 0) is 4.74 Å². The summed E-state index contributed by atoms with van der Waals surface area (Å²) in [6, 6.07) is 0. The standard InChI is InChI=1S/C9H18N2O2/c1-9(2,10)7-4-5-11(6-7)8(12)13-3/h7H,4-6,10H2,1-3H3. The van der Waals surface area contributed by atoms with Gasteiger partial charge in [0.25, 0.3) is 0 Å². The summed E-state index contributed by atoms with van der Waals surface area (Å²) in [5, 5.41) is 0. The van der Waals surface area contributed by atoms with Crippen molar-refractivity contribution in [3.05, 3.63) is 0 Å². The van der Waals surface area contributed by atoms with Gasteiger partial charge in [-0.2, -0.15) is 0 Å². The Kier molecular flexibility index (Phi) is 2.81. The lowest BCUT2D eigenvalue weighted by atomic mass is 9.88. The van der Waals surface area contributed by atoms with Gasteiger partial charge in [0.2, 0.25) is 0 Å². The van der Waals surface area contributed by atoms with Crippen LogP contribution in [0.1, 0.15) is 20.3 Å². The third kappa shape index (κ3) is 2.34. The zero-order valence-electron chi connectivity index (χ0n) is 8.54. The summed E-state index contributed by atoms with van der Waals surface area (Å²) < 4.78 is 4.64. The van der Waals surface area contributed by atoms with Crippen LogP contribution in [-0.4, -0.2) is 36.7 Å². The minimum Gasteiger partial charge on any atom is -0.453 e. The lowest BCUT2D eigenvalue weighted by Gasteiger charge is -2.26. The smallest absolute Gasteiger partial charge is 0.409 e. The number of amides is 1. The van der Waals surface area contributed by atoms with E-state index in [1.54, 1.807) is 4.90 Å². The second-order valence-electron chi connectivity index (χ2n) is 4.22. The van der Waals surface area contributed by atoms with Crippen molar-refractivity contribution in [1.29, 1.82) is 0 Å². The molecule has 4 nitrogen and oxygen atoms in total. The van der Waals surface area contributed by atoms with Gasteiger partial charge in [-0.3, -0.25) is 0 Å². The summed E-state index contributed by atoms with van der Waals surface area (Å²) >= 11 is 0. The molecule has 1 aliphatic rings. The van der Waals surface area contributed by atoms with E-state index in [9.17, 15) is 4.79 Å². The molecule has 1 heterocycles. The van der Waals surface area contributed by atoms with Crippen molar-refractivity contribution in [3.8, 4) is 0 Å². The van der Waals surface area contributed by atoms with Crippen LogP contribution in [0.3, 0.4) is 0 Å². The van der Waals surface area contributed by atoms with E-state index in [-0.39, 0.29) is 11.6 Å². The van der Waals surface area contributed by atoms with Crippen LogP contribution in [0, 0.1) is 5.92 Å². The summed E-state index contributed by atoms with van der Waals surface area (Å²) in [6.45, 7) is 5.48. The number of likely N-dealkylation sites (tertiary alicyclic amines) is 1. The van der Waals surface area contributed by atoms with Crippen LogP contribution in [0.25, 0.3) is 0 Å². The number of rotatable bonds is 1. The average Bonchev–Trinajstić information content (AvgIpc) is 2.50. The van der Waals surface area contributed by atoms with E-state index in [1.165, 1.54) is 7.11 Å². The summed E-state index contributed by atoms with van der Waals surface area (Å²) in [4.78, 5) is 12.9. The van der Waals surface area contributed by atoms with Crippen LogP contribution >= 0.6 is 0 Å². The Hall–Kier alpha value is -0.770. The minimum atomic E-state index is -0.244. The van der Waals surface area contributed by atoms with Gasteiger partial charge in [0, 0.05) is 18.6 Å². The first-order valence-corrected chi connectivity index (χ1v) is 4.57. The summed E-state index contributed by atoms with van der Waals surface area (Å²) in [6.07, 6.45) is 0.727. The number of nitrogens with zero attached hydrogens (tertiary/aromatic N) is 1. The first-order chi connectivity index (χ1) is 5.95. The van der Waals surface area contributed by atoms with Crippen molar-refractivity contribution >= 4 is 6.09 Å². The van der Waals surface area contributed by atoms with Gasteiger partial charge in [0.15, 0.2) is 0 Å². The highest BCUT2D eigenvalue weighted by atomic mass is 16.5. The number of nitrogens with two attached hydrogens (primary N) is 1. The van der Waals surface area contributed by atoms with Gasteiger partial charge in [0.05, 0.1) is 7.11 Å². The Bertz CT molecular complexity index is 198. The van der Waals surface area contributed by atoms with Crippen molar-refractivity contribution in [2.24, 2.45) is 11.7 Å². The molecule has 0 aromatic rings. The van der Waals surface area contributed by atoms with Crippen LogP contribution in [0.15, 0.2) is 0 Å². The Morgan fingerprint density at radius 1 is 1.62 bits per heavy atom. The van der Waals surface area contributed by atoms with Crippen molar-refractivity contribution in [1.82, 2.24) is 4.90 Å². The van der Waals surface area contributed by atoms with E-state index >= 15 is 0 Å². The fourth-order valence-corrected chi connectivity index (χ4v) is 1.66. The molecule has 0 aliphatic carbocycles. The molecule has 2 N–H and O–H groups in total. The van der Waals surface area contributed by atoms with Crippen LogP contribution in [0.4, 0.5) is 4.79 Å². The SMILES string of the molecule is COC(=O)N1CCC(C(C)(C)N)C1. The van der Waals surface area contributed by atoms with Gasteiger partial charge in [-0.05, 0) is 26.2 Å². The Morgan fingerprint density at radius 2 is 2.23 bits per heavy atom. The number of hydrogen-bond acceptors (Lipinski definition) is 3. The minimum absolute atomic E-state index is 0.206. The molecule has 1 fully saturated rings. The molecule has 0 spiro atoms. The molecule has 0 aromatic heterocycles. The highest BCUT2D eigenvalue weighted by Gasteiger charge is 2.34. The molecule has 1 rings (SSSR count). The lowest BCUT2D eigenvalue weighted by molar-refractivity contribution is 0.130. The normalized spacial score (nSPS) is 23.4. The first kappa shape index (κ1) is 10.3. The lowest BCUT2D eigenvalue weighted by Crippen LogP contribution is -2.42. The molecule has 1 aliphatic heterocycles. The summed E-state index contributed by atoms with van der Waals surface area (Å²) in [7, 11) is 1.41. The van der Waals surface area contributed by atoms with E-state index in [1.807, 2.05) is 13.8 Å². The molecule has 0 bridgehead atoms. The van der Waals surface area contributed by atoms with E-state index in [4.69, 9.17) is 5.73 Å². The highest BCUT2D eigenvalue weighted by molar-refractivity contribution is 5.67. The maximum Gasteiger partial charge on any atom is 0.409 e. The Labute approximate surface area is 79.0 Å². The molecule has 13 heavy (non-hydrogen) atoms. The Balaban J connectivity index is 2.50. The molecule has 0 aromatic carbocycles. The van der Waals surface area contributed by atoms with Crippen LogP contribution in [0.5, 0.6) is 0 Å². The van der Waals surface area contributed by atoms with E-state index < -0.39 is 0 Å². The zero-order valence-corrected chi connectivity index (χ0v) is 8.54. The van der Waals surface area contributed by atoms with Gasteiger partial charge < -0.3 is 15.4 Å². The van der Waals surface area contributed by atoms with Gasteiger partial charge in [0.1, 0.15) is 0 Å². The number of carbonyl (C=O) groups excluding carboxylic acids is 1. The molecule has 1 unspecified atom stereocenters. The zero-order chi connectivity index (χ0) is 10.1. The second-order valence-corrected chi connectivity index (χ2v) is 4.22. The molecular formula is C9H18N2O2. The van der Waals surface area contributed by atoms with Crippen molar-refractivity contribution in [2.45, 2.75) is 25.8 Å². The molecule has 4 heteroatoms. The van der Waals surface area contributed by atoms with E-state index in [0.717, 1.165) is 19.5 Å². The highest BCUT2D eigenvalue weighted by Crippen LogP contribution is 2.25. The van der Waals surface area contributed by atoms with Gasteiger partial charge in [-0.1, -0.05) is 0 Å². The average molecular weight is 186 g/mol. The molecule has 1 amide bonds. The van der Waals surface area contributed by atoms with E-state index in [2.05, 4.69) is 4.74 Å². The largest absolute Gasteiger partial charge is 0.453 e. The number of carbonyl (C=O) groups is 1. The third-order valence-electron chi connectivity index (χ3n) is 2.67. The second kappa shape index (κ2) is 3.54. The van der Waals surface area contributed by atoms with Gasteiger partial charge in [-0.15, -0.1) is 0 Å². The Morgan fingerprint density at radius 3 is 2.62 bits per heavy atom. The predicted octanol–water partition coefficient (Wildman–Crippen LogP) is 0.812. The first-order valence-electron chi connectivity index (χ1n) is 4.57. The number of hydrogen-bond donors (Lipinski definition) is 1. The van der Waals surface area contributed by atoms with Crippen LogP contribution in [0.2, 0.25) is 0 Å². The summed E-state index contributed by atoms with van der Waals surface area (Å²) in [5.41, 5.74) is 5.76. The molecule has 76 valence electrons. The molecule has 0 saturated carbocycles.